The normalized spacial score (nSPS) is 10.7. The third-order valence-electron chi connectivity index (χ3n) is 4.60. The van der Waals surface area contributed by atoms with Gasteiger partial charge in [-0.1, -0.05) is 36.5 Å². The molecule has 3 rings (SSSR count). The summed E-state index contributed by atoms with van der Waals surface area (Å²) in [5, 5.41) is 4.51. The van der Waals surface area contributed by atoms with Gasteiger partial charge < -0.3 is 48.0 Å². The number of aryl methyl sites for hydroxylation is 2. The highest BCUT2D eigenvalue weighted by Crippen LogP contribution is 2.29. The van der Waals surface area contributed by atoms with Crippen molar-refractivity contribution < 1.29 is 57.1 Å². The smallest absolute Gasteiger partial charge is 0.303 e. The molecule has 0 unspecified atom stereocenters. The molecule has 154 valence electrons. The van der Waals surface area contributed by atoms with Gasteiger partial charge in [-0.2, -0.15) is 0 Å². The van der Waals surface area contributed by atoms with Crippen molar-refractivity contribution in [3.63, 3.8) is 0 Å². The molecular weight excluding hydrogens is 650 g/mol. The third kappa shape index (κ3) is 5.09. The van der Waals surface area contributed by atoms with E-state index in [2.05, 4.69) is 79.2 Å². The summed E-state index contributed by atoms with van der Waals surface area (Å²) in [4.78, 5) is 0. The molecule has 0 radical (unpaired) electrons. The summed E-state index contributed by atoms with van der Waals surface area (Å²) >= 11 is 7.29. The van der Waals surface area contributed by atoms with E-state index in [0.717, 1.165) is 0 Å². The minimum atomic E-state index is 0. The number of hydrogen-bond acceptors (Lipinski definition) is 4. The van der Waals surface area contributed by atoms with E-state index in [9.17, 15) is 0 Å². The zero-order valence-corrected chi connectivity index (χ0v) is 24.8. The van der Waals surface area contributed by atoms with Crippen molar-refractivity contribution in [2.45, 2.75) is 49.2 Å². The van der Waals surface area contributed by atoms with Crippen LogP contribution in [0.1, 0.15) is 42.3 Å². The lowest BCUT2D eigenvalue weighted by Gasteiger charge is -2.11. The molecule has 0 atom stereocenters. The molecule has 3 aromatic rings. The Bertz CT molecular complexity index is 879. The van der Waals surface area contributed by atoms with Crippen LogP contribution < -0.4 is 57.1 Å². The Morgan fingerprint density at radius 2 is 1.18 bits per heavy atom. The van der Waals surface area contributed by atoms with E-state index in [0.29, 0.717) is 5.92 Å². The van der Waals surface area contributed by atoms with Gasteiger partial charge in [-0.25, -0.2) is 0 Å². The standard InChI is InChI=1S/C20H26N2S4.2HI/c1-12(2)16-8-17(21-13(3)10-25-19(21)23-6)15(5)18(9-16)22-14(4)11-26-20(22)24-7;;/h8-12H,1-7H3;2*1H/q+2;;/p-2. The van der Waals surface area contributed by atoms with Crippen LogP contribution in [0.3, 0.4) is 0 Å². The summed E-state index contributed by atoms with van der Waals surface area (Å²) < 4.78 is 7.49. The molecule has 2 nitrogen and oxygen atoms in total. The Labute approximate surface area is 219 Å². The highest BCUT2D eigenvalue weighted by molar-refractivity contribution is 8.00. The summed E-state index contributed by atoms with van der Waals surface area (Å²) in [7, 11) is 0. The maximum atomic E-state index is 2.42. The molecular formula is C20H26I2N2S4. The minimum absolute atomic E-state index is 0. The van der Waals surface area contributed by atoms with Gasteiger partial charge in [0.25, 0.3) is 0 Å². The zero-order valence-electron chi connectivity index (χ0n) is 17.2. The average molecular weight is 677 g/mol. The van der Waals surface area contributed by atoms with E-state index in [4.69, 9.17) is 0 Å². The predicted octanol–water partition coefficient (Wildman–Crippen LogP) is -0.137. The number of hydrogen-bond donors (Lipinski definition) is 0. The molecule has 0 amide bonds. The number of aromatic nitrogens is 2. The first-order chi connectivity index (χ1) is 12.4. The van der Waals surface area contributed by atoms with Gasteiger partial charge in [-0.05, 0) is 54.4 Å². The van der Waals surface area contributed by atoms with E-state index in [1.165, 1.54) is 42.6 Å². The molecule has 1 aromatic carbocycles. The molecule has 8 heteroatoms. The fourth-order valence-electron chi connectivity index (χ4n) is 3.13. The number of rotatable bonds is 5. The first-order valence-corrected chi connectivity index (χ1v) is 12.8. The lowest BCUT2D eigenvalue weighted by molar-refractivity contribution is -0.643. The first kappa shape index (κ1) is 26.7. The number of halogens is 2. The second-order valence-corrected chi connectivity index (χ2v) is 10.5. The van der Waals surface area contributed by atoms with Crippen LogP contribution in [0.15, 0.2) is 31.6 Å². The van der Waals surface area contributed by atoms with Crippen LogP contribution in [0.25, 0.3) is 11.4 Å². The Morgan fingerprint density at radius 3 is 1.50 bits per heavy atom. The van der Waals surface area contributed by atoms with Gasteiger partial charge in [0.15, 0.2) is 11.4 Å². The molecule has 0 spiro atoms. The number of thiazole rings is 2. The van der Waals surface area contributed by atoms with Crippen molar-refractivity contribution in [1.29, 1.82) is 0 Å². The molecule has 2 heterocycles. The van der Waals surface area contributed by atoms with Crippen LogP contribution in [-0.2, 0) is 0 Å². The van der Waals surface area contributed by atoms with E-state index in [1.54, 1.807) is 0 Å². The van der Waals surface area contributed by atoms with Crippen LogP contribution in [0.4, 0.5) is 0 Å². The number of thioether (sulfide) groups is 2. The van der Waals surface area contributed by atoms with Crippen molar-refractivity contribution in [2.75, 3.05) is 12.5 Å². The quantitative estimate of drug-likeness (QED) is 0.212. The minimum Gasteiger partial charge on any atom is -1.00 e. The van der Waals surface area contributed by atoms with E-state index in [1.807, 2.05) is 46.2 Å². The molecule has 28 heavy (non-hydrogen) atoms. The molecule has 0 aliphatic carbocycles. The van der Waals surface area contributed by atoms with Gasteiger partial charge in [0.2, 0.25) is 11.4 Å². The molecule has 0 fully saturated rings. The Kier molecular flexibility index (Phi) is 10.8. The summed E-state index contributed by atoms with van der Waals surface area (Å²) in [5.74, 6) is 0.489. The monoisotopic (exact) mass is 676 g/mol. The van der Waals surface area contributed by atoms with Gasteiger partial charge in [-0.3, -0.25) is 0 Å². The maximum absolute atomic E-state index is 2.42. The van der Waals surface area contributed by atoms with E-state index in [-0.39, 0.29) is 48.0 Å². The first-order valence-electron chi connectivity index (χ1n) is 8.62. The molecule has 0 saturated carbocycles. The lowest BCUT2D eigenvalue weighted by atomic mass is 9.98. The summed E-state index contributed by atoms with van der Waals surface area (Å²) in [6.07, 6.45) is 4.32. The summed E-state index contributed by atoms with van der Waals surface area (Å²) in [6, 6.07) is 4.76. The zero-order chi connectivity index (χ0) is 19.0. The van der Waals surface area contributed by atoms with Gasteiger partial charge >= 0.3 is 8.68 Å². The van der Waals surface area contributed by atoms with Crippen LogP contribution in [0.5, 0.6) is 0 Å². The van der Waals surface area contributed by atoms with E-state index >= 15 is 0 Å². The van der Waals surface area contributed by atoms with Crippen LogP contribution in [0, 0.1) is 20.8 Å². The number of benzene rings is 1. The lowest BCUT2D eigenvalue weighted by Crippen LogP contribution is -3.00. The highest BCUT2D eigenvalue weighted by Gasteiger charge is 2.30. The van der Waals surface area contributed by atoms with Gasteiger partial charge in [0, 0.05) is 26.0 Å². The Morgan fingerprint density at radius 1 is 0.786 bits per heavy atom. The fourth-order valence-corrected chi connectivity index (χ4v) is 6.49. The summed E-state index contributed by atoms with van der Waals surface area (Å²) in [5.41, 5.74) is 7.92. The Balaban J connectivity index is 0.00000196. The topological polar surface area (TPSA) is 7.76 Å². The van der Waals surface area contributed by atoms with Crippen molar-refractivity contribution in [2.24, 2.45) is 0 Å². The van der Waals surface area contributed by atoms with Gasteiger partial charge in [0.05, 0.1) is 16.3 Å². The SMILES string of the molecule is CSc1scc(C)[n+]1-c1cc(C(C)C)cc(-[n+]2c(C)csc2SC)c1C.[I-].[I-]. The van der Waals surface area contributed by atoms with Gasteiger partial charge in [-0.15, -0.1) is 9.13 Å². The van der Waals surface area contributed by atoms with Crippen molar-refractivity contribution in [3.8, 4) is 11.4 Å². The van der Waals surface area contributed by atoms with Crippen molar-refractivity contribution in [3.05, 3.63) is 45.4 Å². The molecule has 0 N–H and O–H groups in total. The second-order valence-electron chi connectivity index (χ2n) is 6.70. The van der Waals surface area contributed by atoms with Crippen LogP contribution in [0.2, 0.25) is 0 Å². The second kappa shape index (κ2) is 11.3. The van der Waals surface area contributed by atoms with Crippen molar-refractivity contribution in [1.82, 2.24) is 0 Å². The third-order valence-corrected chi connectivity index (χ3v) is 8.93. The predicted molar refractivity (Wildman–Crippen MR) is 117 cm³/mol. The molecule has 0 bridgehead atoms. The molecule has 0 aliphatic rings. The average Bonchev–Trinajstić information content (AvgIpc) is 3.17. The van der Waals surface area contributed by atoms with Crippen molar-refractivity contribution >= 4 is 46.2 Å². The molecule has 2 aromatic heterocycles. The van der Waals surface area contributed by atoms with Gasteiger partial charge in [0.1, 0.15) is 0 Å². The molecule has 0 saturated heterocycles. The van der Waals surface area contributed by atoms with Crippen LogP contribution in [-0.4, -0.2) is 12.5 Å². The molecule has 0 aliphatic heterocycles. The van der Waals surface area contributed by atoms with E-state index < -0.39 is 0 Å². The highest BCUT2D eigenvalue weighted by atomic mass is 127. The summed E-state index contributed by atoms with van der Waals surface area (Å²) in [6.45, 7) is 11.2. The maximum Gasteiger partial charge on any atom is 0.303 e. The number of nitrogens with zero attached hydrogens (tertiary/aromatic N) is 2. The Hall–Kier alpha value is 0.640. The van der Waals surface area contributed by atoms with Crippen LogP contribution >= 0.6 is 46.2 Å². The largest absolute Gasteiger partial charge is 1.00 e. The fraction of sp³-hybridized carbons (Fsp3) is 0.400.